The maximum absolute atomic E-state index is 13.2. The Hall–Kier alpha value is -4.45. The van der Waals surface area contributed by atoms with Gasteiger partial charge in [0.25, 0.3) is 0 Å². The highest BCUT2D eigenvalue weighted by molar-refractivity contribution is 5.91. The van der Waals surface area contributed by atoms with Crippen molar-refractivity contribution in [2.45, 2.75) is 32.3 Å². The van der Waals surface area contributed by atoms with Gasteiger partial charge >= 0.3 is 18.7 Å². The summed E-state index contributed by atoms with van der Waals surface area (Å²) in [5.41, 5.74) is 1.50. The molecule has 6 nitrogen and oxygen atoms in total. The molecule has 222 valence electrons. The summed E-state index contributed by atoms with van der Waals surface area (Å²) in [6, 6.07) is 17.0. The van der Waals surface area contributed by atoms with Crippen LogP contribution in [0, 0.1) is 0 Å². The number of para-hydroxylation sites is 2. The molecule has 0 aromatic heterocycles. The number of hydrogen-bond acceptors (Lipinski definition) is 6. The minimum Gasteiger partial charge on any atom is -0.465 e. The van der Waals surface area contributed by atoms with Gasteiger partial charge in [0.1, 0.15) is 11.5 Å². The van der Waals surface area contributed by atoms with Crippen molar-refractivity contribution in [3.8, 4) is 11.5 Å². The van der Waals surface area contributed by atoms with Gasteiger partial charge in [-0.1, -0.05) is 48.5 Å². The number of aliphatic hydroxyl groups is 1. The molecule has 1 heterocycles. The van der Waals surface area contributed by atoms with Crippen LogP contribution in [0.1, 0.15) is 34.0 Å². The van der Waals surface area contributed by atoms with E-state index in [0.29, 0.717) is 17.7 Å². The Bertz CT molecular complexity index is 1500. The Kier molecular flexibility index (Phi) is 8.86. The number of alkyl halides is 6. The molecule has 1 N–H and O–H groups in total. The summed E-state index contributed by atoms with van der Waals surface area (Å²) in [5, 5.41) is 11.4. The van der Waals surface area contributed by atoms with Crippen LogP contribution in [0.2, 0.25) is 0 Å². The first-order chi connectivity index (χ1) is 19.8. The quantitative estimate of drug-likeness (QED) is 0.225. The number of benzene rings is 3. The maximum atomic E-state index is 13.2. The number of carbonyl (C=O) groups excluding carboxylic acids is 1. The maximum Gasteiger partial charge on any atom is 0.573 e. The van der Waals surface area contributed by atoms with Gasteiger partial charge in [-0.25, -0.2) is 4.79 Å². The second-order valence-electron chi connectivity index (χ2n) is 9.19. The number of methoxy groups -OCH3 is 1. The van der Waals surface area contributed by atoms with Crippen LogP contribution in [0.4, 0.5) is 26.3 Å². The molecule has 1 aliphatic rings. The van der Waals surface area contributed by atoms with E-state index in [-0.39, 0.29) is 28.8 Å². The number of nitrogens with zero attached hydrogens (tertiary/aromatic N) is 1. The van der Waals surface area contributed by atoms with Crippen LogP contribution in [0.3, 0.4) is 0 Å². The molecule has 0 amide bonds. The van der Waals surface area contributed by atoms with Gasteiger partial charge in [0.15, 0.2) is 6.23 Å². The molecule has 1 atom stereocenters. The summed E-state index contributed by atoms with van der Waals surface area (Å²) in [7, 11) is 1.25. The molecule has 3 aromatic rings. The van der Waals surface area contributed by atoms with E-state index >= 15 is 0 Å². The first-order valence-corrected chi connectivity index (χ1v) is 12.5. The number of esters is 1. The van der Waals surface area contributed by atoms with Crippen molar-refractivity contribution in [1.82, 2.24) is 4.90 Å². The Labute approximate surface area is 237 Å². The minimum atomic E-state index is -5.03. The molecule has 1 aliphatic heterocycles. The topological polar surface area (TPSA) is 68.2 Å². The highest BCUT2D eigenvalue weighted by Crippen LogP contribution is 2.42. The van der Waals surface area contributed by atoms with E-state index in [1.807, 2.05) is 0 Å². The van der Waals surface area contributed by atoms with Gasteiger partial charge in [-0.2, -0.15) is 0 Å². The highest BCUT2D eigenvalue weighted by atomic mass is 19.4. The standard InChI is InChI=1S/C30H25F6NO5/c1-18-23(21-7-3-5-9-25(21)41-29(31,32)33)17-24(22-8-4-6-10-26(22)42-30(34,35)36)27(38)37(18)16-15-19-11-13-20(14-12-19)28(39)40-2/h3-14,17,27,38H,15-16H2,1-2H3. The number of hydrogen-bond donors (Lipinski definition) is 1. The lowest BCUT2D eigenvalue weighted by molar-refractivity contribution is -0.275. The van der Waals surface area contributed by atoms with Crippen molar-refractivity contribution >= 4 is 17.1 Å². The van der Waals surface area contributed by atoms with E-state index in [4.69, 9.17) is 4.74 Å². The summed E-state index contributed by atoms with van der Waals surface area (Å²) < 4.78 is 92.5. The van der Waals surface area contributed by atoms with Crippen molar-refractivity contribution in [1.29, 1.82) is 0 Å². The third kappa shape index (κ3) is 7.24. The number of aliphatic hydroxyl groups excluding tert-OH is 1. The van der Waals surface area contributed by atoms with Crippen LogP contribution in [0.5, 0.6) is 11.5 Å². The molecular formula is C30H25F6NO5. The Morgan fingerprint density at radius 1 is 0.833 bits per heavy atom. The smallest absolute Gasteiger partial charge is 0.465 e. The molecular weight excluding hydrogens is 568 g/mol. The summed E-state index contributed by atoms with van der Waals surface area (Å²) in [6.07, 6.45) is -9.89. The van der Waals surface area contributed by atoms with Crippen LogP contribution in [0.25, 0.3) is 11.1 Å². The molecule has 4 rings (SSSR count). The van der Waals surface area contributed by atoms with Gasteiger partial charge in [0.2, 0.25) is 0 Å². The lowest BCUT2D eigenvalue weighted by atomic mass is 9.91. The van der Waals surface area contributed by atoms with Crippen molar-refractivity contribution in [3.05, 3.63) is 107 Å². The molecule has 12 heteroatoms. The number of carbonyl (C=O) groups is 1. The second kappa shape index (κ2) is 12.2. The van der Waals surface area contributed by atoms with E-state index in [2.05, 4.69) is 9.47 Å². The Balaban J connectivity index is 1.79. The van der Waals surface area contributed by atoms with E-state index in [1.54, 1.807) is 31.2 Å². The van der Waals surface area contributed by atoms with E-state index < -0.39 is 36.4 Å². The first-order valence-electron chi connectivity index (χ1n) is 12.5. The van der Waals surface area contributed by atoms with Crippen LogP contribution in [0.15, 0.2) is 84.6 Å². The van der Waals surface area contributed by atoms with Crippen LogP contribution < -0.4 is 9.47 Å². The number of halogens is 6. The lowest BCUT2D eigenvalue weighted by Gasteiger charge is -2.38. The largest absolute Gasteiger partial charge is 0.573 e. The van der Waals surface area contributed by atoms with Crippen molar-refractivity contribution in [3.63, 3.8) is 0 Å². The summed E-state index contributed by atoms with van der Waals surface area (Å²) >= 11 is 0. The minimum absolute atomic E-state index is 0.0124. The summed E-state index contributed by atoms with van der Waals surface area (Å²) in [6.45, 7) is 1.69. The predicted octanol–water partition coefficient (Wildman–Crippen LogP) is 6.96. The summed E-state index contributed by atoms with van der Waals surface area (Å²) in [5.74, 6) is -1.64. The monoisotopic (exact) mass is 593 g/mol. The lowest BCUT2D eigenvalue weighted by Crippen LogP contribution is -2.39. The molecule has 0 fully saturated rings. The zero-order valence-corrected chi connectivity index (χ0v) is 22.3. The normalized spacial score (nSPS) is 15.8. The van der Waals surface area contributed by atoms with Crippen molar-refractivity contribution in [2.75, 3.05) is 13.7 Å². The third-order valence-electron chi connectivity index (χ3n) is 6.54. The van der Waals surface area contributed by atoms with Gasteiger partial charge < -0.3 is 24.2 Å². The molecule has 0 radical (unpaired) electrons. The van der Waals surface area contributed by atoms with Crippen LogP contribution in [-0.2, 0) is 11.2 Å². The molecule has 42 heavy (non-hydrogen) atoms. The fourth-order valence-electron chi connectivity index (χ4n) is 4.62. The number of rotatable bonds is 8. The number of allylic oxidation sites excluding steroid dienone is 3. The molecule has 0 bridgehead atoms. The molecule has 3 aromatic carbocycles. The average Bonchev–Trinajstić information content (AvgIpc) is 2.92. The van der Waals surface area contributed by atoms with E-state index in [1.165, 1.54) is 54.5 Å². The first kappa shape index (κ1) is 30.5. The summed E-state index contributed by atoms with van der Waals surface area (Å²) in [4.78, 5) is 13.2. The fourth-order valence-corrected chi connectivity index (χ4v) is 4.62. The van der Waals surface area contributed by atoms with Gasteiger partial charge in [-0.15, -0.1) is 26.3 Å². The SMILES string of the molecule is COC(=O)c1ccc(CCN2C(C)=C(c3ccccc3OC(F)(F)F)C=C(c3ccccc3OC(F)(F)F)C2O)cc1. The van der Waals surface area contributed by atoms with Crippen LogP contribution >= 0.6 is 0 Å². The van der Waals surface area contributed by atoms with E-state index in [9.17, 15) is 36.2 Å². The molecule has 0 aliphatic carbocycles. The molecule has 0 saturated carbocycles. The zero-order valence-electron chi connectivity index (χ0n) is 22.3. The van der Waals surface area contributed by atoms with Gasteiger partial charge in [0, 0.05) is 34.5 Å². The predicted molar refractivity (Wildman–Crippen MR) is 141 cm³/mol. The molecule has 1 unspecified atom stereocenters. The van der Waals surface area contributed by atoms with Crippen LogP contribution in [-0.4, -0.2) is 48.6 Å². The second-order valence-corrected chi connectivity index (χ2v) is 9.19. The number of ether oxygens (including phenoxy) is 3. The van der Waals surface area contributed by atoms with Gasteiger partial charge in [0.05, 0.1) is 12.7 Å². The molecule has 0 spiro atoms. The molecule has 0 saturated heterocycles. The van der Waals surface area contributed by atoms with Gasteiger partial charge in [-0.05, 0) is 49.2 Å². The highest BCUT2D eigenvalue weighted by Gasteiger charge is 2.36. The Morgan fingerprint density at radius 3 is 1.90 bits per heavy atom. The van der Waals surface area contributed by atoms with E-state index in [0.717, 1.165) is 17.7 Å². The third-order valence-corrected chi connectivity index (χ3v) is 6.54. The zero-order chi connectivity index (χ0) is 30.7. The van der Waals surface area contributed by atoms with Crippen molar-refractivity contribution in [2.24, 2.45) is 0 Å². The van der Waals surface area contributed by atoms with Gasteiger partial charge in [-0.3, -0.25) is 0 Å². The average molecular weight is 594 g/mol. The van der Waals surface area contributed by atoms with Crippen molar-refractivity contribution < 1.29 is 50.5 Å². The fraction of sp³-hybridized carbons (Fsp3) is 0.233. The Morgan fingerprint density at radius 2 is 1.36 bits per heavy atom.